The standard InChI is InChI=1S/C10H12N2O2S/c1-10(2,9(13)14)8-11-3-6-4-15-5-7(6)12-8/h3H,4-5H2,1-2H3,(H,13,14). The molecule has 0 bridgehead atoms. The first-order valence-electron chi connectivity index (χ1n) is 4.68. The van der Waals surface area contributed by atoms with Gasteiger partial charge in [0.05, 0.1) is 5.69 Å². The minimum atomic E-state index is -1.01. The summed E-state index contributed by atoms with van der Waals surface area (Å²) < 4.78 is 0. The lowest BCUT2D eigenvalue weighted by Crippen LogP contribution is -2.31. The van der Waals surface area contributed by atoms with Crippen LogP contribution in [0, 0.1) is 0 Å². The zero-order valence-corrected chi connectivity index (χ0v) is 9.47. The third-order valence-electron chi connectivity index (χ3n) is 2.54. The molecular weight excluding hydrogens is 212 g/mol. The third-order valence-corrected chi connectivity index (χ3v) is 3.54. The molecule has 0 radical (unpaired) electrons. The molecule has 0 fully saturated rings. The first-order chi connectivity index (χ1) is 7.01. The lowest BCUT2D eigenvalue weighted by atomic mass is 9.92. The van der Waals surface area contributed by atoms with Crippen LogP contribution >= 0.6 is 11.8 Å². The van der Waals surface area contributed by atoms with Gasteiger partial charge in [-0.15, -0.1) is 0 Å². The molecule has 1 aromatic heterocycles. The SMILES string of the molecule is CC(C)(C(=O)O)c1ncc2c(n1)CSC2. The molecule has 5 heteroatoms. The van der Waals surface area contributed by atoms with Crippen LogP contribution < -0.4 is 0 Å². The molecule has 0 spiro atoms. The van der Waals surface area contributed by atoms with Gasteiger partial charge in [0.25, 0.3) is 0 Å². The summed E-state index contributed by atoms with van der Waals surface area (Å²) in [6.45, 7) is 3.25. The molecule has 4 nitrogen and oxygen atoms in total. The molecule has 0 amide bonds. The monoisotopic (exact) mass is 224 g/mol. The summed E-state index contributed by atoms with van der Waals surface area (Å²) in [6, 6.07) is 0. The second kappa shape index (κ2) is 3.48. The highest BCUT2D eigenvalue weighted by Gasteiger charge is 2.33. The molecule has 0 aromatic carbocycles. The van der Waals surface area contributed by atoms with Gasteiger partial charge in [0.15, 0.2) is 0 Å². The number of fused-ring (bicyclic) bond motifs is 1. The highest BCUT2D eigenvalue weighted by atomic mass is 32.2. The van der Waals surface area contributed by atoms with E-state index in [4.69, 9.17) is 5.11 Å². The molecular formula is C10H12N2O2S. The van der Waals surface area contributed by atoms with Crippen molar-refractivity contribution >= 4 is 17.7 Å². The highest BCUT2D eigenvalue weighted by molar-refractivity contribution is 7.98. The topological polar surface area (TPSA) is 63.1 Å². The van der Waals surface area contributed by atoms with Crippen LogP contribution in [0.15, 0.2) is 6.20 Å². The Labute approximate surface area is 92.1 Å². The molecule has 1 aromatic rings. The minimum absolute atomic E-state index is 0.399. The Morgan fingerprint density at radius 3 is 2.93 bits per heavy atom. The fraction of sp³-hybridized carbons (Fsp3) is 0.500. The molecule has 0 unspecified atom stereocenters. The van der Waals surface area contributed by atoms with Crippen molar-refractivity contribution in [3.63, 3.8) is 0 Å². The van der Waals surface area contributed by atoms with Crippen LogP contribution in [-0.4, -0.2) is 21.0 Å². The molecule has 1 N–H and O–H groups in total. The lowest BCUT2D eigenvalue weighted by Gasteiger charge is -2.17. The smallest absolute Gasteiger partial charge is 0.316 e. The molecule has 1 aliphatic rings. The molecule has 0 atom stereocenters. The highest BCUT2D eigenvalue weighted by Crippen LogP contribution is 2.29. The Bertz CT molecular complexity index is 418. The summed E-state index contributed by atoms with van der Waals surface area (Å²) in [4.78, 5) is 19.5. The van der Waals surface area contributed by atoms with Gasteiger partial charge in [-0.25, -0.2) is 9.97 Å². The quantitative estimate of drug-likeness (QED) is 0.826. The molecule has 2 rings (SSSR count). The molecule has 1 aliphatic heterocycles. The normalized spacial score (nSPS) is 15.1. The average molecular weight is 224 g/mol. The second-order valence-corrected chi connectivity index (χ2v) is 5.07. The molecule has 2 heterocycles. The van der Waals surface area contributed by atoms with Gasteiger partial charge in [-0.05, 0) is 13.8 Å². The Balaban J connectivity index is 2.42. The number of nitrogens with zero attached hydrogens (tertiary/aromatic N) is 2. The number of aliphatic carboxylic acids is 1. The maximum Gasteiger partial charge on any atom is 0.316 e. The Hall–Kier alpha value is -1.10. The van der Waals surface area contributed by atoms with Gasteiger partial charge >= 0.3 is 5.97 Å². The van der Waals surface area contributed by atoms with Gasteiger partial charge in [-0.2, -0.15) is 11.8 Å². The largest absolute Gasteiger partial charge is 0.481 e. The van der Waals surface area contributed by atoms with E-state index >= 15 is 0 Å². The van der Waals surface area contributed by atoms with E-state index in [2.05, 4.69) is 9.97 Å². The van der Waals surface area contributed by atoms with Crippen molar-refractivity contribution in [1.29, 1.82) is 0 Å². The predicted octanol–water partition coefficient (Wildman–Crippen LogP) is 1.59. The van der Waals surface area contributed by atoms with Crippen LogP contribution in [0.3, 0.4) is 0 Å². The van der Waals surface area contributed by atoms with E-state index in [0.717, 1.165) is 22.8 Å². The zero-order valence-electron chi connectivity index (χ0n) is 8.65. The number of carbonyl (C=O) groups is 1. The van der Waals surface area contributed by atoms with Crippen molar-refractivity contribution in [3.8, 4) is 0 Å². The first-order valence-corrected chi connectivity index (χ1v) is 5.83. The lowest BCUT2D eigenvalue weighted by molar-refractivity contribution is -0.142. The van der Waals surface area contributed by atoms with Crippen LogP contribution in [0.25, 0.3) is 0 Å². The Kier molecular flexibility index (Phi) is 2.42. The number of hydrogen-bond donors (Lipinski definition) is 1. The summed E-state index contributed by atoms with van der Waals surface area (Å²) in [6.07, 6.45) is 1.75. The van der Waals surface area contributed by atoms with Gasteiger partial charge in [0, 0.05) is 23.3 Å². The maximum absolute atomic E-state index is 11.0. The molecule has 0 aliphatic carbocycles. The predicted molar refractivity (Wildman–Crippen MR) is 57.7 cm³/mol. The number of aromatic nitrogens is 2. The van der Waals surface area contributed by atoms with Crippen molar-refractivity contribution in [2.45, 2.75) is 30.8 Å². The van der Waals surface area contributed by atoms with E-state index < -0.39 is 11.4 Å². The average Bonchev–Trinajstić information content (AvgIpc) is 2.63. The molecule has 80 valence electrons. The van der Waals surface area contributed by atoms with E-state index in [1.807, 2.05) is 0 Å². The van der Waals surface area contributed by atoms with Gasteiger partial charge < -0.3 is 5.11 Å². The molecule has 0 saturated heterocycles. The van der Waals surface area contributed by atoms with Crippen molar-refractivity contribution in [3.05, 3.63) is 23.3 Å². The zero-order chi connectivity index (χ0) is 11.1. The summed E-state index contributed by atoms with van der Waals surface area (Å²) in [5, 5.41) is 9.06. The van der Waals surface area contributed by atoms with Crippen LogP contribution in [0.4, 0.5) is 0 Å². The van der Waals surface area contributed by atoms with Crippen LogP contribution in [0.1, 0.15) is 30.9 Å². The van der Waals surface area contributed by atoms with Crippen molar-refractivity contribution in [2.75, 3.05) is 0 Å². The maximum atomic E-state index is 11.0. The van der Waals surface area contributed by atoms with Gasteiger partial charge in [0.2, 0.25) is 0 Å². The van der Waals surface area contributed by atoms with E-state index in [0.29, 0.717) is 5.82 Å². The second-order valence-electron chi connectivity index (χ2n) is 4.09. The summed E-state index contributed by atoms with van der Waals surface area (Å²) in [7, 11) is 0. The van der Waals surface area contributed by atoms with Crippen molar-refractivity contribution < 1.29 is 9.90 Å². The molecule has 0 saturated carbocycles. The Morgan fingerprint density at radius 2 is 2.27 bits per heavy atom. The summed E-state index contributed by atoms with van der Waals surface area (Å²) >= 11 is 1.78. The van der Waals surface area contributed by atoms with Crippen LogP contribution in [0.2, 0.25) is 0 Å². The number of rotatable bonds is 2. The first kappa shape index (κ1) is 10.4. The van der Waals surface area contributed by atoms with Gasteiger partial charge in [-0.3, -0.25) is 4.79 Å². The van der Waals surface area contributed by atoms with Crippen molar-refractivity contribution in [1.82, 2.24) is 9.97 Å². The van der Waals surface area contributed by atoms with Gasteiger partial charge in [0.1, 0.15) is 11.2 Å². The van der Waals surface area contributed by atoms with E-state index in [9.17, 15) is 4.79 Å². The third kappa shape index (κ3) is 1.71. The van der Waals surface area contributed by atoms with Gasteiger partial charge in [-0.1, -0.05) is 0 Å². The summed E-state index contributed by atoms with van der Waals surface area (Å²) in [5.74, 6) is 1.30. The number of thioether (sulfide) groups is 1. The van der Waals surface area contributed by atoms with Crippen molar-refractivity contribution in [2.24, 2.45) is 0 Å². The summed E-state index contributed by atoms with van der Waals surface area (Å²) in [5.41, 5.74) is 1.10. The molecule has 15 heavy (non-hydrogen) atoms. The van der Waals surface area contributed by atoms with Crippen LogP contribution in [-0.2, 0) is 21.7 Å². The number of hydrogen-bond acceptors (Lipinski definition) is 4. The Morgan fingerprint density at radius 1 is 1.53 bits per heavy atom. The number of carboxylic acid groups (broad SMARTS) is 1. The van der Waals surface area contributed by atoms with Crippen LogP contribution in [0.5, 0.6) is 0 Å². The van der Waals surface area contributed by atoms with E-state index in [1.165, 1.54) is 0 Å². The fourth-order valence-corrected chi connectivity index (χ4v) is 2.35. The van der Waals surface area contributed by atoms with E-state index in [1.54, 1.807) is 31.8 Å². The minimum Gasteiger partial charge on any atom is -0.481 e. The fourth-order valence-electron chi connectivity index (χ4n) is 1.34. The van der Waals surface area contributed by atoms with E-state index in [-0.39, 0.29) is 0 Å². The number of carboxylic acids is 1.